The molecule has 0 bridgehead atoms. The number of carbonyl (C=O) groups excluding carboxylic acids is 1. The second-order valence-corrected chi connectivity index (χ2v) is 6.45. The van der Waals surface area contributed by atoms with E-state index >= 15 is 0 Å². The Bertz CT molecular complexity index is 513. The number of rotatable bonds is 6. The van der Waals surface area contributed by atoms with Crippen molar-refractivity contribution in [1.82, 2.24) is 4.90 Å². The summed E-state index contributed by atoms with van der Waals surface area (Å²) in [6.07, 6.45) is -0.0609. The van der Waals surface area contributed by atoms with E-state index in [0.29, 0.717) is 23.0 Å². The molecule has 124 valence electrons. The lowest BCUT2D eigenvalue weighted by atomic mass is 10.1. The van der Waals surface area contributed by atoms with Crippen LogP contribution in [0.1, 0.15) is 34.6 Å². The number of hydrogen-bond acceptors (Lipinski definition) is 3. The molecule has 0 aliphatic heterocycles. The van der Waals surface area contributed by atoms with Crippen LogP contribution in [0.15, 0.2) is 18.2 Å². The Morgan fingerprint density at radius 1 is 1.45 bits per heavy atom. The predicted molar refractivity (Wildman–Crippen MR) is 89.8 cm³/mol. The summed E-state index contributed by atoms with van der Waals surface area (Å²) in [6, 6.07) is 4.89. The average molecular weight is 329 g/mol. The summed E-state index contributed by atoms with van der Waals surface area (Å²) in [4.78, 5) is 13.9. The molecule has 22 heavy (non-hydrogen) atoms. The number of anilines is 1. The fourth-order valence-electron chi connectivity index (χ4n) is 1.95. The molecule has 0 fully saturated rings. The molecule has 1 aromatic carbocycles. The summed E-state index contributed by atoms with van der Waals surface area (Å²) < 4.78 is 5.68. The maximum atomic E-state index is 12.4. The van der Waals surface area contributed by atoms with Crippen LogP contribution in [0.4, 0.5) is 10.5 Å². The minimum Gasteiger partial charge on any atom is -0.487 e. The van der Waals surface area contributed by atoms with Crippen LogP contribution >= 0.6 is 11.6 Å². The van der Waals surface area contributed by atoms with E-state index in [1.165, 1.54) is 4.90 Å². The maximum Gasteiger partial charge on any atom is 0.322 e. The van der Waals surface area contributed by atoms with Gasteiger partial charge in [-0.3, -0.25) is 0 Å². The highest BCUT2D eigenvalue weighted by Crippen LogP contribution is 2.33. The summed E-state index contributed by atoms with van der Waals surface area (Å²) in [7, 11) is 0. The smallest absolute Gasteiger partial charge is 0.322 e. The molecule has 0 heterocycles. The predicted octanol–water partition coefficient (Wildman–Crippen LogP) is 3.75. The van der Waals surface area contributed by atoms with Gasteiger partial charge < -0.3 is 20.1 Å². The van der Waals surface area contributed by atoms with Crippen molar-refractivity contribution in [2.45, 2.75) is 46.3 Å². The Morgan fingerprint density at radius 3 is 2.59 bits per heavy atom. The van der Waals surface area contributed by atoms with Gasteiger partial charge in [-0.15, -0.1) is 0 Å². The minimum atomic E-state index is -0.959. The molecule has 0 atom stereocenters. The van der Waals surface area contributed by atoms with E-state index in [0.717, 1.165) is 0 Å². The van der Waals surface area contributed by atoms with Gasteiger partial charge in [-0.25, -0.2) is 4.79 Å². The SMILES string of the molecule is CCN(CC(C)(C)O)C(=O)Nc1cccc(Cl)c1OC(C)C. The first-order chi connectivity index (χ1) is 10.1. The van der Waals surface area contributed by atoms with Crippen molar-refractivity contribution in [2.75, 3.05) is 18.4 Å². The average Bonchev–Trinajstić information content (AvgIpc) is 2.38. The summed E-state index contributed by atoms with van der Waals surface area (Å²) >= 11 is 6.15. The zero-order valence-electron chi connectivity index (χ0n) is 13.8. The van der Waals surface area contributed by atoms with Crippen LogP contribution < -0.4 is 10.1 Å². The number of nitrogens with zero attached hydrogens (tertiary/aromatic N) is 1. The van der Waals surface area contributed by atoms with Crippen molar-refractivity contribution in [2.24, 2.45) is 0 Å². The van der Waals surface area contributed by atoms with Gasteiger partial charge in [0.2, 0.25) is 0 Å². The lowest BCUT2D eigenvalue weighted by Gasteiger charge is -2.28. The van der Waals surface area contributed by atoms with Gasteiger partial charge in [0.15, 0.2) is 5.75 Å². The molecule has 0 saturated carbocycles. The molecule has 0 aliphatic rings. The second kappa shape index (κ2) is 7.70. The normalized spacial score (nSPS) is 11.5. The number of carbonyl (C=O) groups is 1. The number of urea groups is 1. The summed E-state index contributed by atoms with van der Waals surface area (Å²) in [6.45, 7) is 9.68. The van der Waals surface area contributed by atoms with Gasteiger partial charge in [0, 0.05) is 6.54 Å². The van der Waals surface area contributed by atoms with Crippen LogP contribution in [-0.4, -0.2) is 40.8 Å². The molecule has 5 nitrogen and oxygen atoms in total. The number of aliphatic hydroxyl groups is 1. The summed E-state index contributed by atoms with van der Waals surface area (Å²) in [5, 5.41) is 13.1. The van der Waals surface area contributed by atoms with Gasteiger partial charge in [-0.05, 0) is 46.8 Å². The summed E-state index contributed by atoms with van der Waals surface area (Å²) in [5.41, 5.74) is -0.445. The Labute approximate surface area is 137 Å². The molecular formula is C16H25ClN2O3. The summed E-state index contributed by atoms with van der Waals surface area (Å²) in [5.74, 6) is 0.451. The van der Waals surface area contributed by atoms with Crippen LogP contribution in [0.5, 0.6) is 5.75 Å². The van der Waals surface area contributed by atoms with Crippen molar-refractivity contribution in [3.05, 3.63) is 23.2 Å². The Balaban J connectivity index is 2.93. The number of amides is 2. The highest BCUT2D eigenvalue weighted by atomic mass is 35.5. The van der Waals surface area contributed by atoms with Gasteiger partial charge in [0.1, 0.15) is 0 Å². The zero-order valence-corrected chi connectivity index (χ0v) is 14.6. The zero-order chi connectivity index (χ0) is 16.9. The lowest BCUT2D eigenvalue weighted by Crippen LogP contribution is -2.44. The quantitative estimate of drug-likeness (QED) is 0.836. The van der Waals surface area contributed by atoms with Gasteiger partial charge in [-0.1, -0.05) is 17.7 Å². The van der Waals surface area contributed by atoms with Crippen molar-refractivity contribution in [1.29, 1.82) is 0 Å². The number of nitrogens with one attached hydrogen (secondary N) is 1. The highest BCUT2D eigenvalue weighted by Gasteiger charge is 2.22. The van der Waals surface area contributed by atoms with E-state index in [2.05, 4.69) is 5.32 Å². The largest absolute Gasteiger partial charge is 0.487 e. The molecule has 0 radical (unpaired) electrons. The fourth-order valence-corrected chi connectivity index (χ4v) is 2.17. The van der Waals surface area contributed by atoms with Crippen LogP contribution in [-0.2, 0) is 0 Å². The highest BCUT2D eigenvalue weighted by molar-refractivity contribution is 6.32. The number of para-hydroxylation sites is 1. The molecule has 0 aromatic heterocycles. The number of hydrogen-bond donors (Lipinski definition) is 2. The number of benzene rings is 1. The molecule has 0 unspecified atom stereocenters. The van der Waals surface area contributed by atoms with Crippen LogP contribution in [0.25, 0.3) is 0 Å². The third kappa shape index (κ3) is 5.73. The molecule has 0 spiro atoms. The van der Waals surface area contributed by atoms with Crippen LogP contribution in [0, 0.1) is 0 Å². The van der Waals surface area contributed by atoms with E-state index in [1.54, 1.807) is 32.0 Å². The Hall–Kier alpha value is -1.46. The van der Waals surface area contributed by atoms with Crippen molar-refractivity contribution >= 4 is 23.3 Å². The van der Waals surface area contributed by atoms with Gasteiger partial charge in [-0.2, -0.15) is 0 Å². The van der Waals surface area contributed by atoms with E-state index in [4.69, 9.17) is 16.3 Å². The minimum absolute atomic E-state index is 0.0609. The molecule has 2 amide bonds. The van der Waals surface area contributed by atoms with Gasteiger partial charge in [0.25, 0.3) is 0 Å². The molecule has 1 rings (SSSR count). The monoisotopic (exact) mass is 328 g/mol. The van der Waals surface area contributed by atoms with E-state index in [-0.39, 0.29) is 18.7 Å². The van der Waals surface area contributed by atoms with Gasteiger partial charge in [0.05, 0.1) is 29.0 Å². The second-order valence-electron chi connectivity index (χ2n) is 6.04. The Morgan fingerprint density at radius 2 is 2.09 bits per heavy atom. The van der Waals surface area contributed by atoms with Crippen molar-refractivity contribution < 1.29 is 14.6 Å². The fraction of sp³-hybridized carbons (Fsp3) is 0.562. The van der Waals surface area contributed by atoms with Crippen molar-refractivity contribution in [3.8, 4) is 5.75 Å². The number of halogens is 1. The van der Waals surface area contributed by atoms with Gasteiger partial charge >= 0.3 is 6.03 Å². The lowest BCUT2D eigenvalue weighted by molar-refractivity contribution is 0.0501. The molecular weight excluding hydrogens is 304 g/mol. The van der Waals surface area contributed by atoms with Crippen molar-refractivity contribution in [3.63, 3.8) is 0 Å². The molecule has 2 N–H and O–H groups in total. The first kappa shape index (κ1) is 18.6. The third-order valence-corrected chi connectivity index (χ3v) is 3.11. The molecule has 0 saturated heterocycles. The van der Waals surface area contributed by atoms with Crippen LogP contribution in [0.3, 0.4) is 0 Å². The topological polar surface area (TPSA) is 61.8 Å². The molecule has 1 aromatic rings. The first-order valence-electron chi connectivity index (χ1n) is 7.37. The maximum absolute atomic E-state index is 12.4. The van der Waals surface area contributed by atoms with E-state index in [1.807, 2.05) is 20.8 Å². The number of ether oxygens (including phenoxy) is 1. The Kier molecular flexibility index (Phi) is 6.50. The van der Waals surface area contributed by atoms with Crippen LogP contribution in [0.2, 0.25) is 5.02 Å². The molecule has 6 heteroatoms. The van der Waals surface area contributed by atoms with E-state index in [9.17, 15) is 9.90 Å². The van der Waals surface area contributed by atoms with E-state index < -0.39 is 5.60 Å². The third-order valence-electron chi connectivity index (χ3n) is 2.81. The number of likely N-dealkylation sites (N-methyl/N-ethyl adjacent to an activating group) is 1. The standard InChI is InChI=1S/C16H25ClN2O3/c1-6-19(10-16(4,5)21)15(20)18-13-9-7-8-12(17)14(13)22-11(2)3/h7-9,11,21H,6,10H2,1-5H3,(H,18,20). The molecule has 0 aliphatic carbocycles. The first-order valence-corrected chi connectivity index (χ1v) is 7.75.